The lowest BCUT2D eigenvalue weighted by molar-refractivity contribution is 0.344. The van der Waals surface area contributed by atoms with Gasteiger partial charge in [0.15, 0.2) is 0 Å². The molecule has 1 aliphatic heterocycles. The number of likely N-dealkylation sites (tertiary alicyclic amines) is 1. The van der Waals surface area contributed by atoms with E-state index in [4.69, 9.17) is 0 Å². The largest absolute Gasteiger partial charge is 0.302 e. The van der Waals surface area contributed by atoms with Gasteiger partial charge in [-0.1, -0.05) is 32.9 Å². The lowest BCUT2D eigenvalue weighted by Gasteiger charge is -2.20. The molecule has 0 aliphatic carbocycles. The molecule has 0 unspecified atom stereocenters. The first-order chi connectivity index (χ1) is 9.79. The number of hydrogen-bond acceptors (Lipinski definition) is 3. The van der Waals surface area contributed by atoms with E-state index in [-0.39, 0.29) is 6.84 Å². The predicted octanol–water partition coefficient (Wildman–Crippen LogP) is 2.60. The van der Waals surface area contributed by atoms with Crippen molar-refractivity contribution in [3.05, 3.63) is 29.8 Å². The molecule has 0 radical (unpaired) electrons. The minimum absolute atomic E-state index is 0. The molecule has 5 heteroatoms. The first-order valence-electron chi connectivity index (χ1n) is 7.62. The number of nitrogens with one attached hydrogen (secondary N) is 1. The Morgan fingerprint density at radius 1 is 1.24 bits per heavy atom. The molecule has 1 N–H and O–H groups in total. The summed E-state index contributed by atoms with van der Waals surface area (Å²) in [4.78, 5) is 2.66. The molecule has 0 aromatic heterocycles. The van der Waals surface area contributed by atoms with Crippen molar-refractivity contribution in [2.24, 2.45) is 0 Å². The Morgan fingerprint density at radius 2 is 1.90 bits per heavy atom. The van der Waals surface area contributed by atoms with Gasteiger partial charge in [-0.2, -0.15) is 0 Å². The van der Waals surface area contributed by atoms with Gasteiger partial charge in [-0.25, -0.2) is 13.1 Å². The Balaban J connectivity index is 0.00000242. The van der Waals surface area contributed by atoms with E-state index in [0.29, 0.717) is 11.4 Å². The van der Waals surface area contributed by atoms with Gasteiger partial charge in [-0.05, 0) is 49.0 Å². The highest BCUT2D eigenvalue weighted by molar-refractivity contribution is 7.89. The monoisotopic (exact) mass is 312 g/mol. The topological polar surface area (TPSA) is 49.4 Å². The first-order valence-corrected chi connectivity index (χ1v) is 9.10. The fraction of sp³-hybridized carbons (Fsp3) is 0.625. The van der Waals surface area contributed by atoms with Gasteiger partial charge in [-0.3, -0.25) is 0 Å². The summed E-state index contributed by atoms with van der Waals surface area (Å²) in [6.45, 7) is 9.68. The maximum absolute atomic E-state index is 12.4. The molecule has 1 heterocycles. The quantitative estimate of drug-likeness (QED) is 0.909. The molecule has 0 saturated carbocycles. The summed E-state index contributed by atoms with van der Waals surface area (Å²) in [5, 5.41) is 0. The van der Waals surface area contributed by atoms with Gasteiger partial charge < -0.3 is 4.90 Å². The number of benzene rings is 1. The molecular formula is C16H28N2O2S. The lowest BCUT2D eigenvalue weighted by atomic mass is 9.87. The summed E-state index contributed by atoms with van der Waals surface area (Å²) < 4.78 is 27.4. The molecule has 1 aromatic rings. The molecule has 1 saturated heterocycles. The van der Waals surface area contributed by atoms with Crippen molar-refractivity contribution in [3.8, 4) is 0 Å². The minimum Gasteiger partial charge on any atom is -0.302 e. The first kappa shape index (κ1) is 16.5. The van der Waals surface area contributed by atoms with Crippen LogP contribution in [0.4, 0.5) is 0 Å². The summed E-state index contributed by atoms with van der Waals surface area (Å²) in [5.74, 6) is 0. The van der Waals surface area contributed by atoms with Crippen molar-refractivity contribution in [2.75, 3.05) is 26.2 Å². The summed E-state index contributed by atoms with van der Waals surface area (Å²) in [6, 6.07) is 7.23. The standard InChI is InChI=1S/C16H26N2O2S.H2/c1-16(2,3)14-7-6-8-15(13-14)21(19,20)17-9-12-18-10-4-5-11-18;/h6-8,13,17H,4-5,9-12H2,1-3H3;1H. The van der Waals surface area contributed by atoms with Crippen LogP contribution in [-0.4, -0.2) is 39.5 Å². The second-order valence-corrected chi connectivity index (χ2v) is 8.49. The third-order valence-corrected chi connectivity index (χ3v) is 5.39. The normalized spacial score (nSPS) is 17.3. The van der Waals surface area contributed by atoms with Crippen LogP contribution in [0.15, 0.2) is 29.2 Å². The van der Waals surface area contributed by atoms with Crippen molar-refractivity contribution in [3.63, 3.8) is 0 Å². The summed E-state index contributed by atoms with van der Waals surface area (Å²) in [5.41, 5.74) is 0.978. The molecule has 1 aromatic carbocycles. The second kappa shape index (κ2) is 6.46. The van der Waals surface area contributed by atoms with Gasteiger partial charge in [0.05, 0.1) is 4.90 Å². The Hall–Kier alpha value is -0.910. The fourth-order valence-corrected chi connectivity index (χ4v) is 3.62. The van der Waals surface area contributed by atoms with Crippen molar-refractivity contribution in [2.45, 2.75) is 43.9 Å². The average molecular weight is 312 g/mol. The molecule has 2 rings (SSSR count). The van der Waals surface area contributed by atoms with Crippen LogP contribution in [-0.2, 0) is 15.4 Å². The summed E-state index contributed by atoms with van der Waals surface area (Å²) in [7, 11) is -3.41. The van der Waals surface area contributed by atoms with Crippen LogP contribution in [0.25, 0.3) is 0 Å². The van der Waals surface area contributed by atoms with Gasteiger partial charge in [0.2, 0.25) is 10.0 Å². The minimum atomic E-state index is -3.41. The SMILES string of the molecule is CC(C)(C)c1cccc(S(=O)(=O)NCCN2CCCC2)c1.[HH]. The van der Waals surface area contributed by atoms with Gasteiger partial charge in [0, 0.05) is 14.5 Å². The lowest BCUT2D eigenvalue weighted by Crippen LogP contribution is -2.33. The van der Waals surface area contributed by atoms with Crippen LogP contribution >= 0.6 is 0 Å². The van der Waals surface area contributed by atoms with E-state index < -0.39 is 10.0 Å². The molecule has 0 amide bonds. The smallest absolute Gasteiger partial charge is 0.240 e. The van der Waals surface area contributed by atoms with Gasteiger partial charge in [0.1, 0.15) is 0 Å². The van der Waals surface area contributed by atoms with E-state index >= 15 is 0 Å². The van der Waals surface area contributed by atoms with E-state index in [2.05, 4.69) is 30.4 Å². The van der Waals surface area contributed by atoms with Crippen LogP contribution in [0.1, 0.15) is 40.6 Å². The van der Waals surface area contributed by atoms with Crippen molar-refractivity contribution in [1.82, 2.24) is 9.62 Å². The number of nitrogens with zero attached hydrogens (tertiary/aromatic N) is 1. The zero-order valence-electron chi connectivity index (χ0n) is 13.2. The third kappa shape index (κ3) is 4.53. The fourth-order valence-electron chi connectivity index (χ4n) is 2.56. The van der Waals surface area contributed by atoms with E-state index in [9.17, 15) is 8.42 Å². The van der Waals surface area contributed by atoms with Crippen molar-refractivity contribution < 1.29 is 9.84 Å². The zero-order chi connectivity index (χ0) is 15.5. The van der Waals surface area contributed by atoms with Crippen LogP contribution in [0.5, 0.6) is 0 Å². The Morgan fingerprint density at radius 3 is 2.52 bits per heavy atom. The van der Waals surface area contributed by atoms with Crippen molar-refractivity contribution in [1.29, 1.82) is 0 Å². The maximum Gasteiger partial charge on any atom is 0.240 e. The summed E-state index contributed by atoms with van der Waals surface area (Å²) in [6.07, 6.45) is 2.45. The average Bonchev–Trinajstić information content (AvgIpc) is 2.91. The Labute approximate surface area is 130 Å². The van der Waals surface area contributed by atoms with Crippen LogP contribution < -0.4 is 4.72 Å². The molecular weight excluding hydrogens is 284 g/mol. The summed E-state index contributed by atoms with van der Waals surface area (Å²) >= 11 is 0. The van der Waals surface area contributed by atoms with Crippen molar-refractivity contribution >= 4 is 10.0 Å². The number of hydrogen-bond donors (Lipinski definition) is 1. The van der Waals surface area contributed by atoms with E-state index in [1.165, 1.54) is 12.8 Å². The molecule has 1 fully saturated rings. The predicted molar refractivity (Wildman–Crippen MR) is 88.1 cm³/mol. The highest BCUT2D eigenvalue weighted by Gasteiger charge is 2.19. The van der Waals surface area contributed by atoms with Crippen LogP contribution in [0.3, 0.4) is 0 Å². The third-order valence-electron chi connectivity index (χ3n) is 3.93. The van der Waals surface area contributed by atoms with Gasteiger partial charge >= 0.3 is 0 Å². The van der Waals surface area contributed by atoms with Crippen LogP contribution in [0.2, 0.25) is 0 Å². The van der Waals surface area contributed by atoms with Gasteiger partial charge in [-0.15, -0.1) is 0 Å². The number of rotatable bonds is 5. The molecule has 0 atom stereocenters. The molecule has 4 nitrogen and oxygen atoms in total. The Kier molecular flexibility index (Phi) is 5.07. The highest BCUT2D eigenvalue weighted by Crippen LogP contribution is 2.24. The number of sulfonamides is 1. The van der Waals surface area contributed by atoms with E-state index in [1.807, 2.05) is 12.1 Å². The maximum atomic E-state index is 12.4. The highest BCUT2D eigenvalue weighted by atomic mass is 32.2. The van der Waals surface area contributed by atoms with Gasteiger partial charge in [0.25, 0.3) is 0 Å². The molecule has 0 spiro atoms. The van der Waals surface area contributed by atoms with E-state index in [1.54, 1.807) is 12.1 Å². The second-order valence-electron chi connectivity index (χ2n) is 6.72. The molecule has 1 aliphatic rings. The Bertz CT molecular complexity index is 576. The zero-order valence-corrected chi connectivity index (χ0v) is 14.0. The molecule has 0 bridgehead atoms. The molecule has 120 valence electrons. The van der Waals surface area contributed by atoms with Crippen LogP contribution in [0, 0.1) is 0 Å². The molecule has 21 heavy (non-hydrogen) atoms. The van der Waals surface area contributed by atoms with E-state index in [0.717, 1.165) is 25.2 Å².